The molecule has 1 aliphatic rings. The van der Waals surface area contributed by atoms with Crippen LogP contribution in [-0.2, 0) is 14.3 Å². The van der Waals surface area contributed by atoms with Gasteiger partial charge in [-0.3, -0.25) is 4.79 Å². The lowest BCUT2D eigenvalue weighted by Crippen LogP contribution is -2.39. The van der Waals surface area contributed by atoms with Crippen LogP contribution in [0, 0.1) is 11.8 Å². The normalized spacial score (nSPS) is 17.9. The molecule has 1 aliphatic heterocycles. The molecule has 5 nitrogen and oxygen atoms in total. The molecule has 0 aliphatic carbocycles. The van der Waals surface area contributed by atoms with Crippen molar-refractivity contribution in [1.29, 1.82) is 0 Å². The van der Waals surface area contributed by atoms with Gasteiger partial charge in [0.2, 0.25) is 0 Å². The van der Waals surface area contributed by atoms with E-state index in [-0.39, 0.29) is 19.1 Å². The number of aliphatic hydroxyl groups is 1. The highest BCUT2D eigenvalue weighted by atomic mass is 16.6. The van der Waals surface area contributed by atoms with Gasteiger partial charge in [0.15, 0.2) is 6.10 Å². The van der Waals surface area contributed by atoms with Crippen molar-refractivity contribution < 1.29 is 19.4 Å². The van der Waals surface area contributed by atoms with Gasteiger partial charge in [-0.05, 0) is 18.2 Å². The summed E-state index contributed by atoms with van der Waals surface area (Å²) in [6, 6.07) is 7.24. The van der Waals surface area contributed by atoms with Crippen molar-refractivity contribution in [3.63, 3.8) is 0 Å². The van der Waals surface area contributed by atoms with Crippen LogP contribution in [0.1, 0.15) is 12.0 Å². The van der Waals surface area contributed by atoms with Crippen molar-refractivity contribution in [3.8, 4) is 11.8 Å². The predicted octanol–water partition coefficient (Wildman–Crippen LogP) is 0.774. The fourth-order valence-corrected chi connectivity index (χ4v) is 1.76. The van der Waals surface area contributed by atoms with Gasteiger partial charge in [0.25, 0.3) is 5.91 Å². The molecule has 1 atom stereocenters. The first kappa shape index (κ1) is 14.5. The molecule has 0 bridgehead atoms. The summed E-state index contributed by atoms with van der Waals surface area (Å²) in [6.07, 6.45) is -0.128. The van der Waals surface area contributed by atoms with E-state index in [9.17, 15) is 4.79 Å². The maximum absolute atomic E-state index is 12.0. The molecular weight excluding hydrogens is 258 g/mol. The number of carbonyl (C=O) groups excluding carboxylic acids is 1. The molecule has 1 saturated heterocycles. The highest BCUT2D eigenvalue weighted by Crippen LogP contribution is 2.11. The van der Waals surface area contributed by atoms with Gasteiger partial charge in [-0.25, -0.2) is 0 Å². The third kappa shape index (κ3) is 4.35. The molecule has 1 aromatic carbocycles. The molecule has 5 heteroatoms. The zero-order valence-corrected chi connectivity index (χ0v) is 11.1. The summed E-state index contributed by atoms with van der Waals surface area (Å²) in [5.74, 6) is 5.54. The number of rotatable bonds is 3. The van der Waals surface area contributed by atoms with Gasteiger partial charge in [0.1, 0.15) is 0 Å². The summed E-state index contributed by atoms with van der Waals surface area (Å²) in [6.45, 7) is 1.29. The third-order valence-corrected chi connectivity index (χ3v) is 2.71. The van der Waals surface area contributed by atoms with Gasteiger partial charge in [-0.15, -0.1) is 0 Å². The molecule has 0 aromatic heterocycles. The molecule has 1 heterocycles. The minimum absolute atomic E-state index is 0.0441. The van der Waals surface area contributed by atoms with Crippen LogP contribution in [0.25, 0.3) is 0 Å². The van der Waals surface area contributed by atoms with Gasteiger partial charge >= 0.3 is 0 Å². The van der Waals surface area contributed by atoms with Crippen molar-refractivity contribution in [1.82, 2.24) is 0 Å². The molecule has 106 valence electrons. The van der Waals surface area contributed by atoms with Crippen molar-refractivity contribution in [2.24, 2.45) is 0 Å². The highest BCUT2D eigenvalue weighted by Gasteiger charge is 2.22. The van der Waals surface area contributed by atoms with Crippen molar-refractivity contribution in [3.05, 3.63) is 29.8 Å². The summed E-state index contributed by atoms with van der Waals surface area (Å²) in [5.41, 5.74) is 1.46. The Kier molecular flexibility index (Phi) is 5.56. The van der Waals surface area contributed by atoms with Crippen LogP contribution in [0.3, 0.4) is 0 Å². The van der Waals surface area contributed by atoms with Crippen LogP contribution in [0.2, 0.25) is 0 Å². The quantitative estimate of drug-likeness (QED) is 0.800. The Morgan fingerprint density at radius 3 is 3.10 bits per heavy atom. The number of hydrogen-bond donors (Lipinski definition) is 2. The van der Waals surface area contributed by atoms with E-state index in [1.165, 1.54) is 0 Å². The Morgan fingerprint density at radius 1 is 1.45 bits per heavy atom. The van der Waals surface area contributed by atoms with Crippen LogP contribution in [0.15, 0.2) is 24.3 Å². The number of nitrogens with one attached hydrogen (secondary N) is 1. The maximum atomic E-state index is 12.0. The van der Waals surface area contributed by atoms with Gasteiger partial charge in [-0.2, -0.15) is 0 Å². The molecule has 1 aromatic rings. The molecule has 1 amide bonds. The molecule has 0 saturated carbocycles. The smallest absolute Gasteiger partial charge is 0.255 e. The number of aliphatic hydroxyl groups excluding tert-OH is 1. The maximum Gasteiger partial charge on any atom is 0.255 e. The summed E-state index contributed by atoms with van der Waals surface area (Å²) in [7, 11) is 0. The second kappa shape index (κ2) is 7.65. The van der Waals surface area contributed by atoms with Gasteiger partial charge in [0, 0.05) is 17.7 Å². The second-order valence-corrected chi connectivity index (χ2v) is 4.28. The van der Waals surface area contributed by atoms with Crippen LogP contribution >= 0.6 is 0 Å². The van der Waals surface area contributed by atoms with Crippen LogP contribution in [0.5, 0.6) is 0 Å². The van der Waals surface area contributed by atoms with E-state index in [1.807, 2.05) is 12.1 Å². The Bertz CT molecular complexity index is 512. The average molecular weight is 275 g/mol. The fraction of sp³-hybridized carbons (Fsp3) is 0.400. The fourth-order valence-electron chi connectivity index (χ4n) is 1.76. The highest BCUT2D eigenvalue weighted by molar-refractivity contribution is 5.94. The van der Waals surface area contributed by atoms with Gasteiger partial charge in [0.05, 0.1) is 26.4 Å². The standard InChI is InChI=1S/C15H17NO4/c17-7-2-1-4-12-5-3-6-13(10-12)16-15(18)14-11-19-8-9-20-14/h3,5-6,10,14,17H,2,7-9,11H2,(H,16,18). The van der Waals surface area contributed by atoms with Crippen molar-refractivity contribution >= 4 is 11.6 Å². The monoisotopic (exact) mass is 275 g/mol. The van der Waals surface area contributed by atoms with E-state index in [4.69, 9.17) is 14.6 Å². The molecule has 1 unspecified atom stereocenters. The van der Waals surface area contributed by atoms with Gasteiger partial charge in [-0.1, -0.05) is 17.9 Å². The predicted molar refractivity (Wildman–Crippen MR) is 74.2 cm³/mol. The molecular formula is C15H17NO4. The zero-order valence-electron chi connectivity index (χ0n) is 11.1. The summed E-state index contributed by atoms with van der Waals surface area (Å²) >= 11 is 0. The third-order valence-electron chi connectivity index (χ3n) is 2.71. The lowest BCUT2D eigenvalue weighted by Gasteiger charge is -2.22. The number of benzene rings is 1. The lowest BCUT2D eigenvalue weighted by atomic mass is 10.2. The van der Waals surface area contributed by atoms with E-state index in [0.717, 1.165) is 5.56 Å². The number of amides is 1. The first-order chi connectivity index (χ1) is 9.79. The Labute approximate surface area is 117 Å². The number of carbonyl (C=O) groups is 1. The van der Waals surface area contributed by atoms with Gasteiger partial charge < -0.3 is 19.9 Å². The largest absolute Gasteiger partial charge is 0.395 e. The Hall–Kier alpha value is -1.87. The van der Waals surface area contributed by atoms with E-state index in [0.29, 0.717) is 25.3 Å². The Morgan fingerprint density at radius 2 is 2.35 bits per heavy atom. The zero-order chi connectivity index (χ0) is 14.2. The van der Waals surface area contributed by atoms with Crippen molar-refractivity contribution in [2.45, 2.75) is 12.5 Å². The van der Waals surface area contributed by atoms with E-state index in [2.05, 4.69) is 17.2 Å². The topological polar surface area (TPSA) is 67.8 Å². The summed E-state index contributed by atoms with van der Waals surface area (Å²) in [4.78, 5) is 12.0. The SMILES string of the molecule is O=C(Nc1cccc(C#CCCO)c1)C1COCCO1. The molecule has 2 N–H and O–H groups in total. The van der Waals surface area contributed by atoms with Crippen LogP contribution in [-0.4, -0.2) is 43.5 Å². The first-order valence-corrected chi connectivity index (χ1v) is 6.49. The average Bonchev–Trinajstić information content (AvgIpc) is 2.49. The molecule has 1 fully saturated rings. The molecule has 20 heavy (non-hydrogen) atoms. The van der Waals surface area contributed by atoms with E-state index >= 15 is 0 Å². The number of anilines is 1. The number of ether oxygens (including phenoxy) is 2. The van der Waals surface area contributed by atoms with E-state index < -0.39 is 6.10 Å². The lowest BCUT2D eigenvalue weighted by molar-refractivity contribution is -0.142. The number of hydrogen-bond acceptors (Lipinski definition) is 4. The minimum Gasteiger partial charge on any atom is -0.395 e. The summed E-state index contributed by atoms with van der Waals surface area (Å²) < 4.78 is 10.5. The van der Waals surface area contributed by atoms with E-state index in [1.54, 1.807) is 12.1 Å². The molecule has 0 spiro atoms. The Balaban J connectivity index is 1.97. The van der Waals surface area contributed by atoms with Crippen LogP contribution < -0.4 is 5.32 Å². The minimum atomic E-state index is -0.562. The van der Waals surface area contributed by atoms with Crippen LogP contribution in [0.4, 0.5) is 5.69 Å². The summed E-state index contributed by atoms with van der Waals surface area (Å²) in [5, 5.41) is 11.5. The molecule has 2 rings (SSSR count). The molecule has 0 radical (unpaired) electrons. The van der Waals surface area contributed by atoms with Crippen molar-refractivity contribution in [2.75, 3.05) is 31.7 Å². The second-order valence-electron chi connectivity index (χ2n) is 4.28. The first-order valence-electron chi connectivity index (χ1n) is 6.49.